The lowest BCUT2D eigenvalue weighted by molar-refractivity contribution is 0.693. The fourth-order valence-electron chi connectivity index (χ4n) is 1.34. The minimum atomic E-state index is 0.811. The number of nitrogens with zero attached hydrogens (tertiary/aromatic N) is 3. The van der Waals surface area contributed by atoms with Crippen LogP contribution in [-0.2, 0) is 13.0 Å². The second kappa shape index (κ2) is 3.91. The molecule has 0 bridgehead atoms. The molecule has 1 heterocycles. The van der Waals surface area contributed by atoms with E-state index in [1.807, 2.05) is 22.8 Å². The SMILES string of the molecule is Nc1cccc(CCn2cnnc2)c1. The highest BCUT2D eigenvalue weighted by molar-refractivity contribution is 5.40. The number of hydrogen-bond acceptors (Lipinski definition) is 3. The molecule has 0 saturated heterocycles. The number of aromatic nitrogens is 3. The highest BCUT2D eigenvalue weighted by Crippen LogP contribution is 2.07. The molecule has 72 valence electrons. The molecule has 4 nitrogen and oxygen atoms in total. The van der Waals surface area contributed by atoms with Gasteiger partial charge in [-0.3, -0.25) is 0 Å². The van der Waals surface area contributed by atoms with Crippen LogP contribution in [0.2, 0.25) is 0 Å². The highest BCUT2D eigenvalue weighted by Gasteiger charge is 1.95. The largest absolute Gasteiger partial charge is 0.399 e. The molecule has 1 aromatic carbocycles. The maximum Gasteiger partial charge on any atom is 0.119 e. The van der Waals surface area contributed by atoms with Gasteiger partial charge in [0.05, 0.1) is 0 Å². The zero-order chi connectivity index (χ0) is 9.80. The number of aryl methyl sites for hydroxylation is 2. The minimum Gasteiger partial charge on any atom is -0.399 e. The first-order valence-corrected chi connectivity index (χ1v) is 4.51. The lowest BCUT2D eigenvalue weighted by Crippen LogP contribution is -1.99. The number of anilines is 1. The molecule has 2 aromatic rings. The third kappa shape index (κ3) is 2.10. The summed E-state index contributed by atoms with van der Waals surface area (Å²) in [4.78, 5) is 0. The summed E-state index contributed by atoms with van der Waals surface area (Å²) in [7, 11) is 0. The van der Waals surface area contributed by atoms with Crippen LogP contribution in [0.25, 0.3) is 0 Å². The molecule has 0 aliphatic rings. The molecule has 4 heteroatoms. The van der Waals surface area contributed by atoms with Crippen molar-refractivity contribution in [2.45, 2.75) is 13.0 Å². The van der Waals surface area contributed by atoms with Crippen LogP contribution in [0.1, 0.15) is 5.56 Å². The van der Waals surface area contributed by atoms with Gasteiger partial charge >= 0.3 is 0 Å². The van der Waals surface area contributed by atoms with Crippen LogP contribution in [0.3, 0.4) is 0 Å². The van der Waals surface area contributed by atoms with E-state index in [1.54, 1.807) is 12.7 Å². The van der Waals surface area contributed by atoms with E-state index in [0.717, 1.165) is 18.7 Å². The smallest absolute Gasteiger partial charge is 0.119 e. The summed E-state index contributed by atoms with van der Waals surface area (Å²) < 4.78 is 1.95. The van der Waals surface area contributed by atoms with Gasteiger partial charge in [0, 0.05) is 12.2 Å². The van der Waals surface area contributed by atoms with Gasteiger partial charge in [-0.1, -0.05) is 12.1 Å². The number of nitrogen functional groups attached to an aromatic ring is 1. The molecule has 0 aliphatic carbocycles. The van der Waals surface area contributed by atoms with Gasteiger partial charge in [-0.2, -0.15) is 0 Å². The van der Waals surface area contributed by atoms with Crippen molar-refractivity contribution in [1.82, 2.24) is 14.8 Å². The summed E-state index contributed by atoms with van der Waals surface area (Å²) in [6, 6.07) is 7.92. The molecule has 0 radical (unpaired) electrons. The molecule has 1 aromatic heterocycles. The maximum absolute atomic E-state index is 5.68. The first kappa shape index (κ1) is 8.74. The Bertz CT molecular complexity index is 394. The molecule has 0 unspecified atom stereocenters. The van der Waals surface area contributed by atoms with Crippen molar-refractivity contribution in [1.29, 1.82) is 0 Å². The lowest BCUT2D eigenvalue weighted by Gasteiger charge is -2.02. The van der Waals surface area contributed by atoms with Crippen LogP contribution < -0.4 is 5.73 Å². The van der Waals surface area contributed by atoms with Crippen molar-refractivity contribution in [3.05, 3.63) is 42.5 Å². The molecule has 0 amide bonds. The van der Waals surface area contributed by atoms with Crippen LogP contribution in [0.5, 0.6) is 0 Å². The quantitative estimate of drug-likeness (QED) is 0.734. The Hall–Kier alpha value is -1.84. The zero-order valence-corrected chi connectivity index (χ0v) is 7.80. The Kier molecular flexibility index (Phi) is 2.44. The van der Waals surface area contributed by atoms with E-state index in [-0.39, 0.29) is 0 Å². The standard InChI is InChI=1S/C10H12N4/c11-10-3-1-2-9(6-10)4-5-14-7-12-13-8-14/h1-3,6-8H,4-5,11H2. The Morgan fingerprint density at radius 1 is 1.21 bits per heavy atom. The van der Waals surface area contributed by atoms with E-state index in [9.17, 15) is 0 Å². The van der Waals surface area contributed by atoms with Gasteiger partial charge in [0.15, 0.2) is 0 Å². The average molecular weight is 188 g/mol. The topological polar surface area (TPSA) is 56.7 Å². The minimum absolute atomic E-state index is 0.811. The maximum atomic E-state index is 5.68. The van der Waals surface area contributed by atoms with E-state index < -0.39 is 0 Å². The molecular formula is C10H12N4. The Labute approximate surface area is 82.4 Å². The molecule has 2 rings (SSSR count). The highest BCUT2D eigenvalue weighted by atomic mass is 15.2. The number of nitrogens with two attached hydrogens (primary N) is 1. The van der Waals surface area contributed by atoms with E-state index in [2.05, 4.69) is 16.3 Å². The van der Waals surface area contributed by atoms with E-state index in [1.165, 1.54) is 5.56 Å². The van der Waals surface area contributed by atoms with Crippen molar-refractivity contribution in [3.8, 4) is 0 Å². The fraction of sp³-hybridized carbons (Fsp3) is 0.200. The van der Waals surface area contributed by atoms with Gasteiger partial charge in [0.2, 0.25) is 0 Å². The van der Waals surface area contributed by atoms with Crippen LogP contribution in [0.15, 0.2) is 36.9 Å². The van der Waals surface area contributed by atoms with Gasteiger partial charge in [0.1, 0.15) is 12.7 Å². The molecule has 0 atom stereocenters. The van der Waals surface area contributed by atoms with Gasteiger partial charge in [-0.25, -0.2) is 0 Å². The monoisotopic (exact) mass is 188 g/mol. The van der Waals surface area contributed by atoms with Gasteiger partial charge in [-0.05, 0) is 24.1 Å². The summed E-state index contributed by atoms with van der Waals surface area (Å²) in [6.07, 6.45) is 4.38. The van der Waals surface area contributed by atoms with Crippen molar-refractivity contribution in [3.63, 3.8) is 0 Å². The van der Waals surface area contributed by atoms with Crippen LogP contribution in [-0.4, -0.2) is 14.8 Å². The van der Waals surface area contributed by atoms with Gasteiger partial charge < -0.3 is 10.3 Å². The molecular weight excluding hydrogens is 176 g/mol. The lowest BCUT2D eigenvalue weighted by atomic mass is 10.1. The number of hydrogen-bond donors (Lipinski definition) is 1. The summed E-state index contributed by atoms with van der Waals surface area (Å²) in [5.41, 5.74) is 7.72. The first-order valence-electron chi connectivity index (χ1n) is 4.51. The van der Waals surface area contributed by atoms with Crippen LogP contribution in [0, 0.1) is 0 Å². The first-order chi connectivity index (χ1) is 6.84. The molecule has 0 spiro atoms. The van der Waals surface area contributed by atoms with Crippen molar-refractivity contribution >= 4 is 5.69 Å². The Balaban J connectivity index is 1.98. The van der Waals surface area contributed by atoms with Crippen LogP contribution >= 0.6 is 0 Å². The van der Waals surface area contributed by atoms with Gasteiger partial charge in [0.25, 0.3) is 0 Å². The fourth-order valence-corrected chi connectivity index (χ4v) is 1.34. The number of rotatable bonds is 3. The predicted molar refractivity (Wildman–Crippen MR) is 54.6 cm³/mol. The van der Waals surface area contributed by atoms with Gasteiger partial charge in [-0.15, -0.1) is 10.2 Å². The van der Waals surface area contributed by atoms with E-state index in [4.69, 9.17) is 5.73 Å². The second-order valence-electron chi connectivity index (χ2n) is 3.19. The molecule has 0 fully saturated rings. The third-order valence-electron chi connectivity index (χ3n) is 2.08. The summed E-state index contributed by atoms with van der Waals surface area (Å²) >= 11 is 0. The van der Waals surface area contributed by atoms with Crippen LogP contribution in [0.4, 0.5) is 5.69 Å². The predicted octanol–water partition coefficient (Wildman–Crippen LogP) is 1.10. The zero-order valence-electron chi connectivity index (χ0n) is 7.80. The summed E-state index contributed by atoms with van der Waals surface area (Å²) in [6.45, 7) is 0.885. The number of benzene rings is 1. The van der Waals surface area contributed by atoms with Crippen molar-refractivity contribution in [2.24, 2.45) is 0 Å². The summed E-state index contributed by atoms with van der Waals surface area (Å²) in [5, 5.41) is 7.48. The average Bonchev–Trinajstić information content (AvgIpc) is 2.67. The Morgan fingerprint density at radius 3 is 2.71 bits per heavy atom. The van der Waals surface area contributed by atoms with E-state index in [0.29, 0.717) is 0 Å². The van der Waals surface area contributed by atoms with Crippen molar-refractivity contribution in [2.75, 3.05) is 5.73 Å². The second-order valence-corrected chi connectivity index (χ2v) is 3.19. The molecule has 0 aliphatic heterocycles. The molecule has 14 heavy (non-hydrogen) atoms. The van der Waals surface area contributed by atoms with Crippen molar-refractivity contribution < 1.29 is 0 Å². The Morgan fingerprint density at radius 2 is 2.00 bits per heavy atom. The third-order valence-corrected chi connectivity index (χ3v) is 2.08. The molecule has 0 saturated carbocycles. The summed E-state index contributed by atoms with van der Waals surface area (Å²) in [5.74, 6) is 0. The normalized spacial score (nSPS) is 10.3. The molecule has 2 N–H and O–H groups in total. The van der Waals surface area contributed by atoms with E-state index >= 15 is 0 Å².